The summed E-state index contributed by atoms with van der Waals surface area (Å²) in [6.07, 6.45) is 0.0240. The molecule has 0 radical (unpaired) electrons. The van der Waals surface area contributed by atoms with Crippen molar-refractivity contribution >= 4 is 23.2 Å². The number of benzene rings is 1. The number of hydrogen-bond donors (Lipinski definition) is 0. The zero-order valence-corrected chi connectivity index (χ0v) is 10.8. The van der Waals surface area contributed by atoms with Crippen molar-refractivity contribution < 1.29 is 9.13 Å². The van der Waals surface area contributed by atoms with Gasteiger partial charge in [-0.1, -0.05) is 17.7 Å². The molecule has 17 heavy (non-hydrogen) atoms. The third kappa shape index (κ3) is 3.32. The molecule has 1 saturated heterocycles. The molecule has 1 aliphatic rings. The minimum absolute atomic E-state index is 0.0240. The number of morpholine rings is 1. The lowest BCUT2D eigenvalue weighted by Gasteiger charge is -2.32. The largest absolute Gasteiger partial charge is 0.374 e. The molecule has 0 amide bonds. The van der Waals surface area contributed by atoms with Gasteiger partial charge in [0.05, 0.1) is 12.7 Å². The molecule has 1 aliphatic heterocycles. The Morgan fingerprint density at radius 3 is 3.00 bits per heavy atom. The van der Waals surface area contributed by atoms with Crippen LogP contribution in [0.15, 0.2) is 18.2 Å². The number of alkyl halides is 1. The molecule has 0 aromatic heterocycles. The maximum absolute atomic E-state index is 13.6. The monoisotopic (exact) mass is 277 g/mol. The predicted molar refractivity (Wildman–Crippen MR) is 67.1 cm³/mol. The Labute approximate surface area is 110 Å². The number of nitrogens with zero attached hydrogens (tertiary/aromatic N) is 1. The van der Waals surface area contributed by atoms with Crippen LogP contribution in [0.1, 0.15) is 5.56 Å². The van der Waals surface area contributed by atoms with E-state index in [1.807, 2.05) is 0 Å². The van der Waals surface area contributed by atoms with E-state index in [9.17, 15) is 4.39 Å². The molecule has 0 aliphatic carbocycles. The van der Waals surface area contributed by atoms with Gasteiger partial charge in [-0.05, 0) is 12.1 Å². The van der Waals surface area contributed by atoms with E-state index in [1.165, 1.54) is 6.07 Å². The van der Waals surface area contributed by atoms with Crippen LogP contribution in [0.2, 0.25) is 5.02 Å². The third-order valence-electron chi connectivity index (χ3n) is 2.84. The molecule has 2 nitrogen and oxygen atoms in total. The summed E-state index contributed by atoms with van der Waals surface area (Å²) in [4.78, 5) is 2.11. The number of halogens is 3. The van der Waals surface area contributed by atoms with Gasteiger partial charge in [-0.15, -0.1) is 11.6 Å². The lowest BCUT2D eigenvalue weighted by Crippen LogP contribution is -2.42. The van der Waals surface area contributed by atoms with E-state index in [2.05, 4.69) is 4.90 Å². The maximum atomic E-state index is 13.6. The van der Waals surface area contributed by atoms with E-state index in [0.29, 0.717) is 36.2 Å². The van der Waals surface area contributed by atoms with Crippen LogP contribution in [0.3, 0.4) is 0 Å². The fourth-order valence-corrected chi connectivity index (χ4v) is 2.33. The van der Waals surface area contributed by atoms with Gasteiger partial charge in [0.1, 0.15) is 5.82 Å². The number of hydrogen-bond acceptors (Lipinski definition) is 2. The van der Waals surface area contributed by atoms with Crippen LogP contribution in [0.4, 0.5) is 4.39 Å². The van der Waals surface area contributed by atoms with Crippen molar-refractivity contribution in [2.24, 2.45) is 0 Å². The fraction of sp³-hybridized carbons (Fsp3) is 0.500. The Hall–Kier alpha value is -0.350. The van der Waals surface area contributed by atoms with Gasteiger partial charge >= 0.3 is 0 Å². The molecule has 1 fully saturated rings. The maximum Gasteiger partial charge on any atom is 0.129 e. The summed E-state index contributed by atoms with van der Waals surface area (Å²) in [6, 6.07) is 4.75. The van der Waals surface area contributed by atoms with Gasteiger partial charge in [0.2, 0.25) is 0 Å². The zero-order valence-electron chi connectivity index (χ0n) is 9.33. The molecule has 5 heteroatoms. The number of rotatable bonds is 3. The first kappa shape index (κ1) is 13.1. The van der Waals surface area contributed by atoms with Gasteiger partial charge < -0.3 is 4.74 Å². The van der Waals surface area contributed by atoms with Crippen molar-refractivity contribution in [3.8, 4) is 0 Å². The van der Waals surface area contributed by atoms with Crippen LogP contribution in [-0.4, -0.2) is 36.6 Å². The van der Waals surface area contributed by atoms with E-state index < -0.39 is 0 Å². The summed E-state index contributed by atoms with van der Waals surface area (Å²) in [6.45, 7) is 2.62. The molecule has 0 bridgehead atoms. The van der Waals surface area contributed by atoms with E-state index in [1.54, 1.807) is 12.1 Å². The standard InChI is InChI=1S/C12H14Cl2FNO/c13-6-9-7-16(4-5-17-9)8-10-11(14)2-1-3-12(10)15/h1-3,9H,4-8H2. The molecule has 0 saturated carbocycles. The van der Waals surface area contributed by atoms with Crippen molar-refractivity contribution in [3.05, 3.63) is 34.6 Å². The second-order valence-electron chi connectivity index (χ2n) is 4.08. The summed E-state index contributed by atoms with van der Waals surface area (Å²) in [5.74, 6) is 0.202. The Morgan fingerprint density at radius 2 is 2.29 bits per heavy atom. The van der Waals surface area contributed by atoms with E-state index in [4.69, 9.17) is 27.9 Å². The van der Waals surface area contributed by atoms with Crippen LogP contribution >= 0.6 is 23.2 Å². The summed E-state index contributed by atoms with van der Waals surface area (Å²) in [5, 5.41) is 0.471. The lowest BCUT2D eigenvalue weighted by atomic mass is 10.2. The first-order valence-corrected chi connectivity index (χ1v) is 6.44. The van der Waals surface area contributed by atoms with E-state index >= 15 is 0 Å². The Morgan fingerprint density at radius 1 is 1.47 bits per heavy atom. The topological polar surface area (TPSA) is 12.5 Å². The highest BCUT2D eigenvalue weighted by molar-refractivity contribution is 6.31. The molecule has 1 atom stereocenters. The normalized spacial score (nSPS) is 21.7. The SMILES string of the molecule is Fc1cccc(Cl)c1CN1CCOC(CCl)C1. The molecular formula is C12H14Cl2FNO. The second-order valence-corrected chi connectivity index (χ2v) is 4.80. The average molecular weight is 278 g/mol. The minimum atomic E-state index is -0.258. The van der Waals surface area contributed by atoms with Gasteiger partial charge in [-0.25, -0.2) is 4.39 Å². The van der Waals surface area contributed by atoms with Crippen molar-refractivity contribution in [2.45, 2.75) is 12.6 Å². The zero-order chi connectivity index (χ0) is 12.3. The van der Waals surface area contributed by atoms with E-state index in [-0.39, 0.29) is 11.9 Å². The molecule has 2 rings (SSSR count). The van der Waals surface area contributed by atoms with Crippen LogP contribution in [0.5, 0.6) is 0 Å². The average Bonchev–Trinajstić information content (AvgIpc) is 2.34. The second kappa shape index (κ2) is 6.01. The lowest BCUT2D eigenvalue weighted by molar-refractivity contribution is -0.0197. The van der Waals surface area contributed by atoms with Gasteiger partial charge in [-0.2, -0.15) is 0 Å². The van der Waals surface area contributed by atoms with Crippen molar-refractivity contribution in [1.29, 1.82) is 0 Å². The molecular weight excluding hydrogens is 264 g/mol. The molecule has 1 heterocycles. The molecule has 0 spiro atoms. The molecule has 1 aromatic carbocycles. The smallest absolute Gasteiger partial charge is 0.129 e. The first-order chi connectivity index (χ1) is 8.20. The summed E-state index contributed by atoms with van der Waals surface area (Å²) in [7, 11) is 0. The van der Waals surface area contributed by atoms with Gasteiger partial charge in [0, 0.05) is 36.1 Å². The highest BCUT2D eigenvalue weighted by atomic mass is 35.5. The first-order valence-electron chi connectivity index (χ1n) is 5.53. The van der Waals surface area contributed by atoms with Gasteiger partial charge in [0.15, 0.2) is 0 Å². The van der Waals surface area contributed by atoms with Crippen LogP contribution in [0, 0.1) is 5.82 Å². The quantitative estimate of drug-likeness (QED) is 0.788. The van der Waals surface area contributed by atoms with Crippen LogP contribution in [0.25, 0.3) is 0 Å². The van der Waals surface area contributed by atoms with Crippen LogP contribution in [-0.2, 0) is 11.3 Å². The highest BCUT2D eigenvalue weighted by Gasteiger charge is 2.21. The molecule has 94 valence electrons. The summed E-state index contributed by atoms with van der Waals surface area (Å²) < 4.78 is 19.1. The summed E-state index contributed by atoms with van der Waals surface area (Å²) in [5.41, 5.74) is 0.546. The molecule has 0 N–H and O–H groups in total. The van der Waals surface area contributed by atoms with Gasteiger partial charge in [-0.3, -0.25) is 4.90 Å². The molecule has 1 unspecified atom stereocenters. The Balaban J connectivity index is 2.05. The summed E-state index contributed by atoms with van der Waals surface area (Å²) >= 11 is 11.8. The predicted octanol–water partition coefficient (Wildman–Crippen LogP) is 2.92. The fourth-order valence-electron chi connectivity index (χ4n) is 1.92. The van der Waals surface area contributed by atoms with Crippen molar-refractivity contribution in [3.63, 3.8) is 0 Å². The van der Waals surface area contributed by atoms with E-state index in [0.717, 1.165) is 6.54 Å². The van der Waals surface area contributed by atoms with Gasteiger partial charge in [0.25, 0.3) is 0 Å². The Bertz CT molecular complexity index is 369. The van der Waals surface area contributed by atoms with Crippen molar-refractivity contribution in [1.82, 2.24) is 4.90 Å². The number of ether oxygens (including phenoxy) is 1. The van der Waals surface area contributed by atoms with Crippen molar-refractivity contribution in [2.75, 3.05) is 25.6 Å². The highest BCUT2D eigenvalue weighted by Crippen LogP contribution is 2.21. The third-order valence-corrected chi connectivity index (χ3v) is 3.54. The minimum Gasteiger partial charge on any atom is -0.374 e. The van der Waals surface area contributed by atoms with Crippen LogP contribution < -0.4 is 0 Å². The molecule has 1 aromatic rings. The Kier molecular flexibility index (Phi) is 4.62.